The highest BCUT2D eigenvalue weighted by atomic mass is 16.5. The molecular formula is C28H36N2O5. The van der Waals surface area contributed by atoms with Crippen molar-refractivity contribution in [3.63, 3.8) is 0 Å². The summed E-state index contributed by atoms with van der Waals surface area (Å²) in [7, 11) is 7.08. The molecule has 188 valence electrons. The summed E-state index contributed by atoms with van der Waals surface area (Å²) in [5.74, 6) is -0.280. The predicted molar refractivity (Wildman–Crippen MR) is 137 cm³/mol. The van der Waals surface area contributed by atoms with Gasteiger partial charge in [-0.1, -0.05) is 39.0 Å². The van der Waals surface area contributed by atoms with Crippen molar-refractivity contribution in [1.29, 1.82) is 0 Å². The van der Waals surface area contributed by atoms with E-state index in [0.29, 0.717) is 35.6 Å². The number of carbonyl (C=O) groups excluding carboxylic acids is 2. The first-order chi connectivity index (χ1) is 16.5. The molecule has 2 aromatic rings. The predicted octanol–water partition coefficient (Wildman–Crippen LogP) is 4.37. The summed E-state index contributed by atoms with van der Waals surface area (Å²) in [6.07, 6.45) is 0.683. The van der Waals surface area contributed by atoms with Gasteiger partial charge in [-0.3, -0.25) is 9.59 Å². The Balaban J connectivity index is 2.20. The van der Waals surface area contributed by atoms with Gasteiger partial charge in [0.15, 0.2) is 0 Å². The number of likely N-dealkylation sites (tertiary alicyclic amines) is 1. The Morgan fingerprint density at radius 3 is 2.29 bits per heavy atom. The van der Waals surface area contributed by atoms with Crippen LogP contribution < -0.4 is 9.47 Å². The van der Waals surface area contributed by atoms with Crippen molar-refractivity contribution in [2.75, 3.05) is 41.4 Å². The lowest BCUT2D eigenvalue weighted by atomic mass is 9.84. The summed E-state index contributed by atoms with van der Waals surface area (Å²) < 4.78 is 11.1. The van der Waals surface area contributed by atoms with Crippen LogP contribution >= 0.6 is 0 Å². The van der Waals surface area contributed by atoms with Gasteiger partial charge in [-0.05, 0) is 56.7 Å². The Hall–Kier alpha value is -3.32. The molecular weight excluding hydrogens is 444 g/mol. The summed E-state index contributed by atoms with van der Waals surface area (Å²) >= 11 is 0. The largest absolute Gasteiger partial charge is 0.507 e. The number of aliphatic hydroxyl groups is 1. The van der Waals surface area contributed by atoms with E-state index in [1.807, 2.05) is 64.0 Å². The molecule has 1 heterocycles. The maximum atomic E-state index is 13.3. The summed E-state index contributed by atoms with van der Waals surface area (Å²) in [5, 5.41) is 11.5. The fraction of sp³-hybridized carbons (Fsp3) is 0.429. The molecule has 1 atom stereocenters. The Morgan fingerprint density at radius 1 is 1.03 bits per heavy atom. The van der Waals surface area contributed by atoms with Gasteiger partial charge in [0.05, 0.1) is 25.8 Å². The minimum absolute atomic E-state index is 0.0642. The van der Waals surface area contributed by atoms with Crippen molar-refractivity contribution in [2.45, 2.75) is 38.6 Å². The molecule has 2 aromatic carbocycles. The molecule has 1 amide bonds. The standard InChI is InChI=1S/C28H36N2O5/c1-28(2,3)20-17-18(13-14-22(20)35-7)25(31)23-24(19-11-8-9-12-21(19)34-6)30(27(33)26(23)32)16-10-15-29(4)5/h8-9,11-14,17,24,31H,10,15-16H2,1-7H3/b25-23+. The number of amides is 1. The molecule has 7 heteroatoms. The topological polar surface area (TPSA) is 79.3 Å². The quantitative estimate of drug-likeness (QED) is 0.343. The van der Waals surface area contributed by atoms with Crippen LogP contribution in [0.5, 0.6) is 11.5 Å². The van der Waals surface area contributed by atoms with Gasteiger partial charge in [-0.15, -0.1) is 0 Å². The second kappa shape index (κ2) is 10.5. The average Bonchev–Trinajstić information content (AvgIpc) is 3.07. The Labute approximate surface area is 207 Å². The van der Waals surface area contributed by atoms with Crippen LogP contribution in [0.3, 0.4) is 0 Å². The highest BCUT2D eigenvalue weighted by molar-refractivity contribution is 6.46. The van der Waals surface area contributed by atoms with Crippen LogP contribution in [0.4, 0.5) is 0 Å². The normalized spacial score (nSPS) is 17.8. The minimum atomic E-state index is -0.756. The molecule has 35 heavy (non-hydrogen) atoms. The molecule has 0 radical (unpaired) electrons. The molecule has 0 saturated carbocycles. The van der Waals surface area contributed by atoms with Crippen LogP contribution in [0.15, 0.2) is 48.0 Å². The number of hydrogen-bond acceptors (Lipinski definition) is 6. The maximum Gasteiger partial charge on any atom is 0.295 e. The van der Waals surface area contributed by atoms with Crippen molar-refractivity contribution < 1.29 is 24.2 Å². The van der Waals surface area contributed by atoms with E-state index in [4.69, 9.17) is 9.47 Å². The van der Waals surface area contributed by atoms with E-state index in [0.717, 1.165) is 12.1 Å². The number of ether oxygens (including phenoxy) is 2. The van der Waals surface area contributed by atoms with Crippen LogP contribution in [-0.2, 0) is 15.0 Å². The fourth-order valence-electron chi connectivity index (χ4n) is 4.48. The number of rotatable bonds is 8. The van der Waals surface area contributed by atoms with E-state index in [1.165, 1.54) is 0 Å². The van der Waals surface area contributed by atoms with E-state index in [-0.39, 0.29) is 16.7 Å². The number of para-hydroxylation sites is 1. The zero-order valence-electron chi connectivity index (χ0n) is 21.7. The van der Waals surface area contributed by atoms with E-state index in [1.54, 1.807) is 37.3 Å². The smallest absolute Gasteiger partial charge is 0.295 e. The van der Waals surface area contributed by atoms with Gasteiger partial charge in [0.1, 0.15) is 17.3 Å². The number of carbonyl (C=O) groups is 2. The molecule has 0 spiro atoms. The van der Waals surface area contributed by atoms with Crippen LogP contribution in [-0.4, -0.2) is 68.0 Å². The molecule has 1 aliphatic rings. The maximum absolute atomic E-state index is 13.3. The van der Waals surface area contributed by atoms with Gasteiger partial charge >= 0.3 is 0 Å². The molecule has 0 aromatic heterocycles. The van der Waals surface area contributed by atoms with Crippen molar-refractivity contribution in [1.82, 2.24) is 9.80 Å². The van der Waals surface area contributed by atoms with Crippen LogP contribution in [0.2, 0.25) is 0 Å². The first-order valence-electron chi connectivity index (χ1n) is 11.8. The first kappa shape index (κ1) is 26.3. The third kappa shape index (κ3) is 5.35. The first-order valence-corrected chi connectivity index (χ1v) is 11.8. The SMILES string of the molecule is COc1ccccc1C1/C(=C(\O)c2ccc(OC)c(C(C)(C)C)c2)C(=O)C(=O)N1CCCN(C)C. The molecule has 1 fully saturated rings. The Morgan fingerprint density at radius 2 is 1.69 bits per heavy atom. The summed E-state index contributed by atoms with van der Waals surface area (Å²) in [6, 6.07) is 11.9. The minimum Gasteiger partial charge on any atom is -0.507 e. The number of hydrogen-bond donors (Lipinski definition) is 1. The van der Waals surface area contributed by atoms with Crippen molar-refractivity contribution in [2.24, 2.45) is 0 Å². The third-order valence-electron chi connectivity index (χ3n) is 6.26. The Bertz CT molecular complexity index is 1130. The lowest BCUT2D eigenvalue weighted by Gasteiger charge is -2.27. The number of nitrogens with zero attached hydrogens (tertiary/aromatic N) is 2. The van der Waals surface area contributed by atoms with Gasteiger partial charge in [-0.2, -0.15) is 0 Å². The third-order valence-corrected chi connectivity index (χ3v) is 6.26. The van der Waals surface area contributed by atoms with E-state index in [2.05, 4.69) is 0 Å². The van der Waals surface area contributed by atoms with Crippen molar-refractivity contribution >= 4 is 17.4 Å². The number of Topliss-reactive ketones (excluding diaryl/α,β-unsaturated/α-hetero) is 1. The lowest BCUT2D eigenvalue weighted by Crippen LogP contribution is -2.32. The number of methoxy groups -OCH3 is 2. The molecule has 1 aliphatic heterocycles. The van der Waals surface area contributed by atoms with Crippen molar-refractivity contribution in [3.05, 3.63) is 64.7 Å². The van der Waals surface area contributed by atoms with Gasteiger partial charge in [-0.25, -0.2) is 0 Å². The number of ketones is 1. The summed E-state index contributed by atoms with van der Waals surface area (Å²) in [6.45, 7) is 7.28. The van der Waals surface area contributed by atoms with Crippen LogP contribution in [0.25, 0.3) is 5.76 Å². The van der Waals surface area contributed by atoms with Crippen LogP contribution in [0.1, 0.15) is 49.9 Å². The average molecular weight is 481 g/mol. The highest BCUT2D eigenvalue weighted by Crippen LogP contribution is 2.43. The molecule has 1 unspecified atom stereocenters. The molecule has 0 bridgehead atoms. The van der Waals surface area contributed by atoms with Gasteiger partial charge in [0.2, 0.25) is 0 Å². The number of aliphatic hydroxyl groups excluding tert-OH is 1. The van der Waals surface area contributed by atoms with E-state index in [9.17, 15) is 14.7 Å². The second-order valence-electron chi connectivity index (χ2n) is 10.1. The van der Waals surface area contributed by atoms with Crippen LogP contribution in [0, 0.1) is 0 Å². The highest BCUT2D eigenvalue weighted by Gasteiger charge is 2.46. The van der Waals surface area contributed by atoms with Crippen molar-refractivity contribution in [3.8, 4) is 11.5 Å². The Kier molecular flexibility index (Phi) is 7.90. The molecule has 1 N–H and O–H groups in total. The molecule has 7 nitrogen and oxygen atoms in total. The van der Waals surface area contributed by atoms with Gasteiger partial charge < -0.3 is 24.4 Å². The zero-order valence-corrected chi connectivity index (χ0v) is 21.7. The molecule has 0 aliphatic carbocycles. The molecule has 1 saturated heterocycles. The van der Waals surface area contributed by atoms with E-state index >= 15 is 0 Å². The second-order valence-corrected chi connectivity index (χ2v) is 10.1. The summed E-state index contributed by atoms with van der Waals surface area (Å²) in [5.41, 5.74) is 1.81. The van der Waals surface area contributed by atoms with Gasteiger partial charge in [0, 0.05) is 23.2 Å². The number of benzene rings is 2. The molecule has 3 rings (SSSR count). The fourth-order valence-corrected chi connectivity index (χ4v) is 4.48. The monoisotopic (exact) mass is 480 g/mol. The lowest BCUT2D eigenvalue weighted by molar-refractivity contribution is -0.140. The van der Waals surface area contributed by atoms with E-state index < -0.39 is 17.7 Å². The van der Waals surface area contributed by atoms with Gasteiger partial charge in [0.25, 0.3) is 11.7 Å². The summed E-state index contributed by atoms with van der Waals surface area (Å²) in [4.78, 5) is 30.1. The zero-order chi connectivity index (χ0) is 25.9.